The van der Waals surface area contributed by atoms with E-state index in [1.54, 1.807) is 65.5 Å². The van der Waals surface area contributed by atoms with Crippen molar-refractivity contribution in [1.82, 2.24) is 30.1 Å². The number of rotatable bonds is 11. The number of benzene rings is 4. The predicted octanol–water partition coefficient (Wildman–Crippen LogP) is 4.21. The number of hydrogen-bond acceptors (Lipinski definition) is 10. The highest BCUT2D eigenvalue weighted by Gasteiger charge is 2.52. The van der Waals surface area contributed by atoms with Gasteiger partial charge in [0.05, 0.1) is 36.5 Å². The van der Waals surface area contributed by atoms with Crippen molar-refractivity contribution in [3.63, 3.8) is 0 Å². The van der Waals surface area contributed by atoms with Crippen LogP contribution in [0.1, 0.15) is 27.0 Å². The van der Waals surface area contributed by atoms with Gasteiger partial charge >= 0.3 is 6.03 Å². The summed E-state index contributed by atoms with van der Waals surface area (Å²) in [6.45, 7) is -0.0820. The van der Waals surface area contributed by atoms with Gasteiger partial charge in [-0.1, -0.05) is 65.9 Å². The standard InChI is InChI=1S/C39H37N9O5S/c1-53-30-16-12-26(13-17-30)21-42-39(52)46(19-18-40)47-24-34(49)48-31(20-25-10-14-29(15-11-25)43-36(50)27-6-3-2-4-7-27)37(51)45(23-33(47)48)22-28-8-5-9-32-35(28)44-38(41)54-32/h2-17,31,33H,19-24H2,1H3,(H2,41,44)(H,42,52)(H,43,50)/t31-,33+/m0/s1. The number of para-hydroxylation sites is 1. The molecule has 4 N–H and O–H groups in total. The van der Waals surface area contributed by atoms with Gasteiger partial charge in [0, 0.05) is 30.8 Å². The molecule has 0 aliphatic carbocycles. The Morgan fingerprint density at radius 3 is 2.46 bits per heavy atom. The number of carbonyl (C=O) groups excluding carboxylic acids is 4. The van der Waals surface area contributed by atoms with Crippen LogP contribution in [-0.4, -0.2) is 87.5 Å². The van der Waals surface area contributed by atoms with Crippen molar-refractivity contribution >= 4 is 56.1 Å². The molecule has 2 atom stereocenters. The van der Waals surface area contributed by atoms with Crippen molar-refractivity contribution in [2.45, 2.75) is 31.7 Å². The Kier molecular flexibility index (Phi) is 10.4. The summed E-state index contributed by atoms with van der Waals surface area (Å²) < 4.78 is 6.11. The lowest BCUT2D eigenvalue weighted by molar-refractivity contribution is -0.157. The summed E-state index contributed by atoms with van der Waals surface area (Å²) in [6.07, 6.45) is -0.571. The maximum absolute atomic E-state index is 14.4. The number of nitrogens with zero attached hydrogens (tertiary/aromatic N) is 6. The first-order valence-electron chi connectivity index (χ1n) is 17.2. The van der Waals surface area contributed by atoms with Crippen LogP contribution >= 0.6 is 11.3 Å². The summed E-state index contributed by atoms with van der Waals surface area (Å²) >= 11 is 1.36. The number of nitrogens with two attached hydrogens (primary N) is 1. The number of thiazole rings is 1. The first-order chi connectivity index (χ1) is 26.2. The van der Waals surface area contributed by atoms with Crippen molar-refractivity contribution in [2.24, 2.45) is 0 Å². The van der Waals surface area contributed by atoms with Crippen molar-refractivity contribution in [3.8, 4) is 11.8 Å². The summed E-state index contributed by atoms with van der Waals surface area (Å²) in [4.78, 5) is 62.5. The molecule has 0 saturated carbocycles. The Hall–Kier alpha value is -6.50. The molecule has 2 fully saturated rings. The molecule has 0 radical (unpaired) electrons. The van der Waals surface area contributed by atoms with Crippen LogP contribution in [0.25, 0.3) is 10.2 Å². The van der Waals surface area contributed by atoms with Crippen molar-refractivity contribution < 1.29 is 23.9 Å². The molecule has 2 aliphatic rings. The maximum atomic E-state index is 14.4. The molecule has 2 saturated heterocycles. The molecule has 5 aromatic rings. The van der Waals surface area contributed by atoms with Gasteiger partial charge in [-0.05, 0) is 59.2 Å². The Balaban J connectivity index is 1.15. The third-order valence-corrected chi connectivity index (χ3v) is 10.3. The van der Waals surface area contributed by atoms with E-state index in [9.17, 15) is 24.4 Å². The van der Waals surface area contributed by atoms with Crippen LogP contribution in [0.2, 0.25) is 0 Å². The third-order valence-electron chi connectivity index (χ3n) is 9.49. The van der Waals surface area contributed by atoms with Crippen LogP contribution in [0.3, 0.4) is 0 Å². The molecule has 3 heterocycles. The van der Waals surface area contributed by atoms with Crippen molar-refractivity contribution in [1.29, 1.82) is 5.26 Å². The zero-order chi connectivity index (χ0) is 37.8. The summed E-state index contributed by atoms with van der Waals surface area (Å²) in [5.74, 6) is -0.180. The van der Waals surface area contributed by atoms with E-state index >= 15 is 0 Å². The number of aromatic nitrogens is 1. The number of nitrogen functional groups attached to an aromatic ring is 1. The van der Waals surface area contributed by atoms with Gasteiger partial charge in [-0.25, -0.2) is 14.8 Å². The third kappa shape index (κ3) is 7.51. The highest BCUT2D eigenvalue weighted by Crippen LogP contribution is 2.32. The van der Waals surface area contributed by atoms with Crippen LogP contribution in [-0.2, 0) is 29.1 Å². The Morgan fingerprint density at radius 1 is 1.00 bits per heavy atom. The van der Waals surface area contributed by atoms with Gasteiger partial charge in [0.2, 0.25) is 11.8 Å². The van der Waals surface area contributed by atoms with Crippen LogP contribution < -0.4 is 21.1 Å². The van der Waals surface area contributed by atoms with E-state index in [4.69, 9.17) is 10.5 Å². The first kappa shape index (κ1) is 35.9. The van der Waals surface area contributed by atoms with Crippen LogP contribution in [0.4, 0.5) is 15.6 Å². The van der Waals surface area contributed by atoms with Gasteiger partial charge in [0.25, 0.3) is 5.91 Å². The number of anilines is 2. The minimum absolute atomic E-state index is 0.0786. The maximum Gasteiger partial charge on any atom is 0.333 e. The molecule has 0 spiro atoms. The Labute approximate surface area is 315 Å². The molecule has 1 aromatic heterocycles. The van der Waals surface area contributed by atoms with Crippen LogP contribution in [0, 0.1) is 11.3 Å². The number of urea groups is 1. The van der Waals surface area contributed by atoms with Gasteiger partial charge in [-0.2, -0.15) is 10.3 Å². The van der Waals surface area contributed by atoms with Gasteiger partial charge in [0.15, 0.2) is 5.13 Å². The van der Waals surface area contributed by atoms with Gasteiger partial charge in [-0.15, -0.1) is 0 Å². The highest BCUT2D eigenvalue weighted by atomic mass is 32.1. The summed E-state index contributed by atoms with van der Waals surface area (Å²) in [5, 5.41) is 18.8. The molecular weight excluding hydrogens is 707 g/mol. The van der Waals surface area contributed by atoms with E-state index in [-0.39, 0.29) is 56.9 Å². The molecule has 0 unspecified atom stereocenters. The predicted molar refractivity (Wildman–Crippen MR) is 203 cm³/mol. The van der Waals surface area contributed by atoms with Gasteiger partial charge < -0.3 is 30.9 Å². The second-order valence-electron chi connectivity index (χ2n) is 12.9. The normalized spacial score (nSPS) is 16.9. The second kappa shape index (κ2) is 15.6. The average molecular weight is 744 g/mol. The quantitative estimate of drug-likeness (QED) is 0.167. The summed E-state index contributed by atoms with van der Waals surface area (Å²) in [5.41, 5.74) is 10.2. The molecule has 2 aliphatic heterocycles. The topological polar surface area (TPSA) is 177 Å². The molecule has 0 bridgehead atoms. The van der Waals surface area contributed by atoms with Gasteiger partial charge in [0.1, 0.15) is 24.5 Å². The van der Waals surface area contributed by atoms with Crippen molar-refractivity contribution in [2.75, 3.05) is 37.8 Å². The minimum Gasteiger partial charge on any atom is -0.497 e. The fraction of sp³-hybridized carbons (Fsp3) is 0.231. The molecule has 5 amide bonds. The highest BCUT2D eigenvalue weighted by molar-refractivity contribution is 7.22. The molecule has 4 aromatic carbocycles. The largest absolute Gasteiger partial charge is 0.497 e. The lowest BCUT2D eigenvalue weighted by Gasteiger charge is -2.46. The van der Waals surface area contributed by atoms with E-state index < -0.39 is 18.2 Å². The Morgan fingerprint density at radius 2 is 1.74 bits per heavy atom. The van der Waals surface area contributed by atoms with E-state index in [1.807, 2.05) is 48.5 Å². The number of carbonyl (C=O) groups is 4. The SMILES string of the molecule is COc1ccc(CNC(=O)N(CC#N)N2CC(=O)N3[C@@H](Cc4ccc(NC(=O)c5ccccc5)cc4)C(=O)N(Cc4cccc5sc(N)nc45)C[C@@H]32)cc1. The number of hydrazine groups is 1. The zero-order valence-electron chi connectivity index (χ0n) is 29.3. The lowest BCUT2D eigenvalue weighted by atomic mass is 9.99. The molecule has 7 rings (SSSR count). The van der Waals surface area contributed by atoms with E-state index in [0.29, 0.717) is 27.6 Å². The van der Waals surface area contributed by atoms with E-state index in [2.05, 4.69) is 21.7 Å². The van der Waals surface area contributed by atoms with Gasteiger partial charge in [-0.3, -0.25) is 14.4 Å². The minimum atomic E-state index is -0.919. The van der Waals surface area contributed by atoms with Crippen LogP contribution in [0.5, 0.6) is 5.75 Å². The number of hydrogen-bond donors (Lipinski definition) is 3. The summed E-state index contributed by atoms with van der Waals surface area (Å²) in [6, 6.07) is 29.5. The van der Waals surface area contributed by atoms with E-state index in [0.717, 1.165) is 21.4 Å². The first-order valence-corrected chi connectivity index (χ1v) is 18.0. The fourth-order valence-electron chi connectivity index (χ4n) is 6.85. The monoisotopic (exact) mass is 743 g/mol. The van der Waals surface area contributed by atoms with E-state index in [1.165, 1.54) is 21.2 Å². The smallest absolute Gasteiger partial charge is 0.333 e. The Bertz CT molecular complexity index is 2220. The number of piperazine rings is 1. The number of nitriles is 1. The van der Waals surface area contributed by atoms with Crippen molar-refractivity contribution in [3.05, 3.63) is 119 Å². The molecular formula is C39H37N9O5S. The number of ether oxygens (including phenoxy) is 1. The molecule has 274 valence electrons. The molecule has 15 heteroatoms. The molecule has 14 nitrogen and oxygen atoms in total. The van der Waals surface area contributed by atoms with Crippen LogP contribution in [0.15, 0.2) is 97.1 Å². The lowest BCUT2D eigenvalue weighted by Crippen LogP contribution is -2.66. The average Bonchev–Trinajstić information content (AvgIpc) is 3.74. The number of nitrogens with one attached hydrogen (secondary N) is 2. The molecule has 54 heavy (non-hydrogen) atoms. The second-order valence-corrected chi connectivity index (χ2v) is 13.9. The number of fused-ring (bicyclic) bond motifs is 2. The number of amides is 5. The number of methoxy groups -OCH3 is 1. The zero-order valence-corrected chi connectivity index (χ0v) is 30.2. The fourth-order valence-corrected chi connectivity index (χ4v) is 7.63. The summed E-state index contributed by atoms with van der Waals surface area (Å²) in [7, 11) is 1.57.